The first-order valence-corrected chi connectivity index (χ1v) is 3.67. The molecule has 64 valence electrons. The minimum atomic E-state index is -0.883. The summed E-state index contributed by atoms with van der Waals surface area (Å²) in [5.41, 5.74) is -0.0985. The SMILES string of the molecule is C=C(O)c1nc(F)c(Cl)cc1Cl. The highest BCUT2D eigenvalue weighted by Crippen LogP contribution is 2.24. The lowest BCUT2D eigenvalue weighted by atomic mass is 10.3. The molecular weight excluding hydrogens is 204 g/mol. The lowest BCUT2D eigenvalue weighted by Crippen LogP contribution is -1.93. The summed E-state index contributed by atoms with van der Waals surface area (Å²) in [5, 5.41) is 8.74. The fourth-order valence-corrected chi connectivity index (χ4v) is 1.11. The number of pyridine rings is 1. The van der Waals surface area contributed by atoms with E-state index in [9.17, 15) is 4.39 Å². The van der Waals surface area contributed by atoms with Crippen LogP contribution in [-0.4, -0.2) is 10.1 Å². The molecule has 0 aliphatic rings. The zero-order valence-corrected chi connectivity index (χ0v) is 7.32. The Morgan fingerprint density at radius 2 is 2.08 bits per heavy atom. The summed E-state index contributed by atoms with van der Waals surface area (Å²) in [6, 6.07) is 1.15. The Morgan fingerprint density at radius 1 is 1.50 bits per heavy atom. The van der Waals surface area contributed by atoms with E-state index >= 15 is 0 Å². The Bertz CT molecular complexity index is 340. The maximum Gasteiger partial charge on any atom is 0.232 e. The first-order chi connectivity index (χ1) is 5.52. The molecule has 0 spiro atoms. The van der Waals surface area contributed by atoms with E-state index in [-0.39, 0.29) is 15.7 Å². The number of hydrogen-bond donors (Lipinski definition) is 1. The van der Waals surface area contributed by atoms with Crippen LogP contribution in [-0.2, 0) is 0 Å². The van der Waals surface area contributed by atoms with Crippen LogP contribution >= 0.6 is 23.2 Å². The molecule has 12 heavy (non-hydrogen) atoms. The van der Waals surface area contributed by atoms with Crippen molar-refractivity contribution in [3.05, 3.63) is 34.3 Å². The fraction of sp³-hybridized carbons (Fsp3) is 0. The van der Waals surface area contributed by atoms with Crippen molar-refractivity contribution in [2.24, 2.45) is 0 Å². The molecule has 1 N–H and O–H groups in total. The number of aromatic nitrogens is 1. The topological polar surface area (TPSA) is 33.1 Å². The van der Waals surface area contributed by atoms with Gasteiger partial charge in [-0.15, -0.1) is 0 Å². The van der Waals surface area contributed by atoms with Crippen molar-refractivity contribution in [2.75, 3.05) is 0 Å². The number of hydrogen-bond acceptors (Lipinski definition) is 2. The van der Waals surface area contributed by atoms with Gasteiger partial charge < -0.3 is 5.11 Å². The van der Waals surface area contributed by atoms with Crippen LogP contribution in [0.15, 0.2) is 12.6 Å². The van der Waals surface area contributed by atoms with Gasteiger partial charge in [-0.1, -0.05) is 29.8 Å². The third-order valence-electron chi connectivity index (χ3n) is 1.16. The van der Waals surface area contributed by atoms with Crippen LogP contribution in [0.25, 0.3) is 5.76 Å². The van der Waals surface area contributed by atoms with Crippen LogP contribution in [0.3, 0.4) is 0 Å². The van der Waals surface area contributed by atoms with Crippen LogP contribution in [0.5, 0.6) is 0 Å². The lowest BCUT2D eigenvalue weighted by molar-refractivity contribution is 0.504. The predicted molar refractivity (Wildman–Crippen MR) is 45.9 cm³/mol. The lowest BCUT2D eigenvalue weighted by Gasteiger charge is -2.01. The van der Waals surface area contributed by atoms with Gasteiger partial charge in [0.1, 0.15) is 11.5 Å². The molecule has 0 aliphatic heterocycles. The zero-order valence-electron chi connectivity index (χ0n) is 5.81. The third-order valence-corrected chi connectivity index (χ3v) is 1.71. The molecule has 0 saturated carbocycles. The molecule has 1 aromatic rings. The highest BCUT2D eigenvalue weighted by atomic mass is 35.5. The summed E-state index contributed by atoms with van der Waals surface area (Å²) in [6.07, 6.45) is 0. The Labute approximate surface area is 78.3 Å². The molecule has 0 atom stereocenters. The van der Waals surface area contributed by atoms with Crippen molar-refractivity contribution in [1.29, 1.82) is 0 Å². The molecule has 1 aromatic heterocycles. The largest absolute Gasteiger partial charge is 0.506 e. The number of halogens is 3. The van der Waals surface area contributed by atoms with Crippen molar-refractivity contribution in [1.82, 2.24) is 4.98 Å². The molecule has 1 rings (SSSR count). The molecule has 0 fully saturated rings. The van der Waals surface area contributed by atoms with E-state index in [1.165, 1.54) is 0 Å². The Morgan fingerprint density at radius 3 is 2.58 bits per heavy atom. The van der Waals surface area contributed by atoms with E-state index < -0.39 is 11.7 Å². The van der Waals surface area contributed by atoms with Crippen molar-refractivity contribution in [3.8, 4) is 0 Å². The minimum absolute atomic E-state index is 0.0638. The van der Waals surface area contributed by atoms with Gasteiger partial charge in [-0.3, -0.25) is 0 Å². The van der Waals surface area contributed by atoms with Gasteiger partial charge in [0.05, 0.1) is 10.0 Å². The molecule has 0 aliphatic carbocycles. The van der Waals surface area contributed by atoms with Crippen LogP contribution in [0, 0.1) is 5.95 Å². The van der Waals surface area contributed by atoms with Gasteiger partial charge in [-0.2, -0.15) is 4.39 Å². The Hall–Kier alpha value is -0.800. The number of aliphatic hydroxyl groups is 1. The molecule has 0 amide bonds. The molecule has 5 heteroatoms. The average Bonchev–Trinajstić information content (AvgIpc) is 1.96. The molecule has 0 aromatic carbocycles. The van der Waals surface area contributed by atoms with Crippen LogP contribution < -0.4 is 0 Å². The number of nitrogens with zero attached hydrogens (tertiary/aromatic N) is 1. The highest BCUT2D eigenvalue weighted by Gasteiger charge is 2.10. The third kappa shape index (κ3) is 1.68. The molecule has 1 heterocycles. The number of aliphatic hydroxyl groups excluding tert-OH is 1. The second-order valence-corrected chi connectivity index (χ2v) is 2.85. The van der Waals surface area contributed by atoms with Crippen LogP contribution in [0.1, 0.15) is 5.69 Å². The van der Waals surface area contributed by atoms with Gasteiger partial charge in [0.15, 0.2) is 0 Å². The van der Waals surface area contributed by atoms with E-state index in [2.05, 4.69) is 11.6 Å². The van der Waals surface area contributed by atoms with Gasteiger partial charge in [0.25, 0.3) is 0 Å². The highest BCUT2D eigenvalue weighted by molar-refractivity contribution is 6.35. The van der Waals surface area contributed by atoms with Crippen LogP contribution in [0.4, 0.5) is 4.39 Å². The Kier molecular flexibility index (Phi) is 2.55. The second-order valence-electron chi connectivity index (χ2n) is 2.04. The van der Waals surface area contributed by atoms with Gasteiger partial charge in [0.2, 0.25) is 5.95 Å². The fourth-order valence-electron chi connectivity index (χ4n) is 0.647. The second kappa shape index (κ2) is 3.29. The first-order valence-electron chi connectivity index (χ1n) is 2.92. The summed E-state index contributed by atoms with van der Waals surface area (Å²) in [7, 11) is 0. The monoisotopic (exact) mass is 207 g/mol. The minimum Gasteiger partial charge on any atom is -0.506 e. The quantitative estimate of drug-likeness (QED) is 0.568. The average molecular weight is 208 g/mol. The molecule has 2 nitrogen and oxygen atoms in total. The smallest absolute Gasteiger partial charge is 0.232 e. The standard InChI is InChI=1S/C7H4Cl2FNO/c1-3(12)6-4(8)2-5(9)7(10)11-6/h2,12H,1H2. The summed E-state index contributed by atoms with van der Waals surface area (Å²) in [6.45, 7) is 3.16. The zero-order chi connectivity index (χ0) is 9.30. The molecule has 0 bridgehead atoms. The summed E-state index contributed by atoms with van der Waals surface area (Å²) >= 11 is 10.9. The maximum atomic E-state index is 12.7. The van der Waals surface area contributed by atoms with Crippen molar-refractivity contribution in [2.45, 2.75) is 0 Å². The van der Waals surface area contributed by atoms with Gasteiger partial charge >= 0.3 is 0 Å². The van der Waals surface area contributed by atoms with E-state index in [0.29, 0.717) is 0 Å². The molecule has 0 unspecified atom stereocenters. The van der Waals surface area contributed by atoms with Crippen molar-refractivity contribution >= 4 is 29.0 Å². The van der Waals surface area contributed by atoms with Crippen molar-refractivity contribution < 1.29 is 9.50 Å². The van der Waals surface area contributed by atoms with Crippen LogP contribution in [0.2, 0.25) is 10.0 Å². The van der Waals surface area contributed by atoms with Gasteiger partial charge in [-0.05, 0) is 6.07 Å². The van der Waals surface area contributed by atoms with Gasteiger partial charge in [-0.25, -0.2) is 4.98 Å². The summed E-state index contributed by atoms with van der Waals surface area (Å²) < 4.78 is 12.7. The summed E-state index contributed by atoms with van der Waals surface area (Å²) in [4.78, 5) is 3.29. The molecule has 0 radical (unpaired) electrons. The van der Waals surface area contributed by atoms with Crippen molar-refractivity contribution in [3.63, 3.8) is 0 Å². The maximum absolute atomic E-state index is 12.7. The van der Waals surface area contributed by atoms with Gasteiger partial charge in [0, 0.05) is 0 Å². The van der Waals surface area contributed by atoms with E-state index in [4.69, 9.17) is 28.3 Å². The van der Waals surface area contributed by atoms with E-state index in [0.717, 1.165) is 6.07 Å². The Balaban J connectivity index is 3.33. The van der Waals surface area contributed by atoms with E-state index in [1.54, 1.807) is 0 Å². The molecular formula is C7H4Cl2FNO. The number of rotatable bonds is 1. The summed E-state index contributed by atoms with van der Waals surface area (Å²) in [5.74, 6) is -1.28. The molecule has 0 saturated heterocycles. The van der Waals surface area contributed by atoms with E-state index in [1.807, 2.05) is 0 Å². The predicted octanol–water partition coefficient (Wildman–Crippen LogP) is 3.06. The first kappa shape index (κ1) is 9.29. The normalized spacial score (nSPS) is 9.92.